The van der Waals surface area contributed by atoms with Crippen LogP contribution in [-0.4, -0.2) is 26.2 Å². The van der Waals surface area contributed by atoms with Crippen LogP contribution < -0.4 is 5.32 Å². The van der Waals surface area contributed by atoms with Gasteiger partial charge >= 0.3 is 0 Å². The monoisotopic (exact) mass is 117 g/mol. The zero-order valence-corrected chi connectivity index (χ0v) is 5.39. The molecule has 3 nitrogen and oxygen atoms in total. The van der Waals surface area contributed by atoms with E-state index in [4.69, 9.17) is 4.74 Å². The van der Waals surface area contributed by atoms with Crippen molar-refractivity contribution in [1.82, 2.24) is 5.32 Å². The third kappa shape index (κ3) is 1.93. The maximum absolute atomic E-state index is 10.5. The van der Waals surface area contributed by atoms with Gasteiger partial charge in [0.1, 0.15) is 6.10 Å². The Hall–Kier alpha value is -0.570. The summed E-state index contributed by atoms with van der Waals surface area (Å²) < 4.78 is 4.69. The van der Waals surface area contributed by atoms with Crippen LogP contribution in [0.15, 0.2) is 0 Å². The second-order valence-electron chi connectivity index (χ2n) is 1.49. The lowest BCUT2D eigenvalue weighted by atomic mass is 10.4. The Kier molecular flexibility index (Phi) is 3.19. The van der Waals surface area contributed by atoms with E-state index in [-0.39, 0.29) is 12.0 Å². The van der Waals surface area contributed by atoms with Crippen LogP contribution in [0, 0.1) is 0 Å². The number of carbonyl (C=O) groups is 1. The summed E-state index contributed by atoms with van der Waals surface area (Å²) in [6, 6.07) is 0. The highest BCUT2D eigenvalue weighted by Gasteiger charge is 2.06. The molecule has 0 saturated carbocycles. The van der Waals surface area contributed by atoms with Crippen molar-refractivity contribution in [2.24, 2.45) is 0 Å². The molecular formula is C5H11NO2. The Morgan fingerprint density at radius 1 is 1.75 bits per heavy atom. The fraction of sp³-hybridized carbons (Fsp3) is 0.800. The molecule has 0 radical (unpaired) electrons. The standard InChI is InChI=1S/C5H11NO2/c1-4(8-3)5(7)6-2/h4H,1-3H3,(H,6,7). The van der Waals surface area contributed by atoms with Gasteiger partial charge in [-0.3, -0.25) is 4.79 Å². The summed E-state index contributed by atoms with van der Waals surface area (Å²) in [5.41, 5.74) is 0. The number of likely N-dealkylation sites (N-methyl/N-ethyl adjacent to an activating group) is 1. The summed E-state index contributed by atoms with van der Waals surface area (Å²) in [4.78, 5) is 10.5. The molecule has 8 heavy (non-hydrogen) atoms. The van der Waals surface area contributed by atoms with Gasteiger partial charge in [0.25, 0.3) is 0 Å². The van der Waals surface area contributed by atoms with Gasteiger partial charge in [0.15, 0.2) is 0 Å². The van der Waals surface area contributed by atoms with E-state index in [0.717, 1.165) is 0 Å². The average Bonchev–Trinajstić information content (AvgIpc) is 1.84. The predicted octanol–water partition coefficient (Wildman–Crippen LogP) is -0.233. The molecule has 0 bridgehead atoms. The van der Waals surface area contributed by atoms with Gasteiger partial charge < -0.3 is 10.1 Å². The van der Waals surface area contributed by atoms with Gasteiger partial charge in [-0.2, -0.15) is 0 Å². The minimum atomic E-state index is -0.333. The highest BCUT2D eigenvalue weighted by atomic mass is 16.5. The van der Waals surface area contributed by atoms with Gasteiger partial charge in [-0.05, 0) is 6.92 Å². The Morgan fingerprint density at radius 3 is 2.38 bits per heavy atom. The SMILES string of the molecule is CNC(=O)C(C)OC. The molecule has 0 aliphatic rings. The second-order valence-corrected chi connectivity index (χ2v) is 1.49. The molecule has 48 valence electrons. The number of ether oxygens (including phenoxy) is 1. The first kappa shape index (κ1) is 7.43. The highest BCUT2D eigenvalue weighted by molar-refractivity contribution is 5.79. The van der Waals surface area contributed by atoms with Crippen LogP contribution in [0.4, 0.5) is 0 Å². The number of hydrogen-bond acceptors (Lipinski definition) is 2. The van der Waals surface area contributed by atoms with E-state index in [2.05, 4.69) is 5.32 Å². The molecule has 1 atom stereocenters. The number of hydrogen-bond donors (Lipinski definition) is 1. The molecule has 3 heteroatoms. The number of methoxy groups -OCH3 is 1. The van der Waals surface area contributed by atoms with E-state index in [1.54, 1.807) is 14.0 Å². The summed E-state index contributed by atoms with van der Waals surface area (Å²) in [6.45, 7) is 1.69. The highest BCUT2D eigenvalue weighted by Crippen LogP contribution is 1.83. The van der Waals surface area contributed by atoms with Crippen LogP contribution in [0.3, 0.4) is 0 Å². The molecule has 0 aromatic heterocycles. The van der Waals surface area contributed by atoms with Crippen LogP contribution in [0.2, 0.25) is 0 Å². The molecule has 0 aliphatic carbocycles. The van der Waals surface area contributed by atoms with Crippen molar-refractivity contribution in [2.75, 3.05) is 14.2 Å². The Bertz CT molecular complexity index is 82.5. The molecule has 0 fully saturated rings. The van der Waals surface area contributed by atoms with Gasteiger partial charge in [-0.1, -0.05) is 0 Å². The molecule has 1 N–H and O–H groups in total. The molecule has 0 rings (SSSR count). The lowest BCUT2D eigenvalue weighted by Gasteiger charge is -2.05. The predicted molar refractivity (Wildman–Crippen MR) is 30.5 cm³/mol. The van der Waals surface area contributed by atoms with E-state index in [1.165, 1.54) is 7.11 Å². The minimum absolute atomic E-state index is 0.0903. The van der Waals surface area contributed by atoms with Gasteiger partial charge in [0.2, 0.25) is 5.91 Å². The van der Waals surface area contributed by atoms with Gasteiger partial charge in [-0.15, -0.1) is 0 Å². The normalized spacial score (nSPS) is 12.9. The topological polar surface area (TPSA) is 38.3 Å². The maximum atomic E-state index is 10.5. The number of nitrogens with one attached hydrogen (secondary N) is 1. The first-order chi connectivity index (χ1) is 3.72. The van der Waals surface area contributed by atoms with Gasteiger partial charge in [-0.25, -0.2) is 0 Å². The molecule has 1 amide bonds. The van der Waals surface area contributed by atoms with E-state index in [0.29, 0.717) is 0 Å². The molecule has 0 aromatic rings. The fourth-order valence-corrected chi connectivity index (χ4v) is 0.310. The van der Waals surface area contributed by atoms with Crippen molar-refractivity contribution in [1.29, 1.82) is 0 Å². The number of carbonyl (C=O) groups excluding carboxylic acids is 1. The molecular weight excluding hydrogens is 106 g/mol. The molecule has 0 spiro atoms. The van der Waals surface area contributed by atoms with Crippen molar-refractivity contribution < 1.29 is 9.53 Å². The zero-order valence-electron chi connectivity index (χ0n) is 5.39. The molecule has 0 aromatic carbocycles. The van der Waals surface area contributed by atoms with E-state index >= 15 is 0 Å². The Morgan fingerprint density at radius 2 is 2.25 bits per heavy atom. The summed E-state index contributed by atoms with van der Waals surface area (Å²) in [7, 11) is 3.08. The second kappa shape index (κ2) is 3.43. The average molecular weight is 117 g/mol. The fourth-order valence-electron chi connectivity index (χ4n) is 0.310. The maximum Gasteiger partial charge on any atom is 0.248 e. The van der Waals surface area contributed by atoms with Crippen LogP contribution in [0.1, 0.15) is 6.92 Å². The Balaban J connectivity index is 3.46. The van der Waals surface area contributed by atoms with E-state index in [9.17, 15) is 4.79 Å². The Labute approximate surface area is 49.0 Å². The molecule has 0 saturated heterocycles. The van der Waals surface area contributed by atoms with Crippen LogP contribution in [0.5, 0.6) is 0 Å². The smallest absolute Gasteiger partial charge is 0.248 e. The van der Waals surface area contributed by atoms with Crippen LogP contribution in [-0.2, 0) is 9.53 Å². The number of amides is 1. The zero-order chi connectivity index (χ0) is 6.57. The molecule has 0 heterocycles. The summed E-state index contributed by atoms with van der Waals surface area (Å²) in [6.07, 6.45) is -0.333. The molecule has 0 aliphatic heterocycles. The van der Waals surface area contributed by atoms with Crippen molar-refractivity contribution in [3.63, 3.8) is 0 Å². The van der Waals surface area contributed by atoms with Gasteiger partial charge in [0.05, 0.1) is 0 Å². The van der Waals surface area contributed by atoms with Crippen molar-refractivity contribution in [3.05, 3.63) is 0 Å². The molecule has 1 unspecified atom stereocenters. The summed E-state index contributed by atoms with van der Waals surface area (Å²) in [5, 5.41) is 2.45. The summed E-state index contributed by atoms with van der Waals surface area (Å²) >= 11 is 0. The minimum Gasteiger partial charge on any atom is -0.372 e. The third-order valence-electron chi connectivity index (χ3n) is 0.969. The first-order valence-electron chi connectivity index (χ1n) is 2.46. The van der Waals surface area contributed by atoms with Crippen LogP contribution >= 0.6 is 0 Å². The lowest BCUT2D eigenvalue weighted by Crippen LogP contribution is -2.30. The van der Waals surface area contributed by atoms with Crippen molar-refractivity contribution in [2.45, 2.75) is 13.0 Å². The van der Waals surface area contributed by atoms with Gasteiger partial charge in [0, 0.05) is 14.2 Å². The van der Waals surface area contributed by atoms with E-state index in [1.807, 2.05) is 0 Å². The van der Waals surface area contributed by atoms with Crippen molar-refractivity contribution in [3.8, 4) is 0 Å². The first-order valence-corrected chi connectivity index (χ1v) is 2.46. The number of rotatable bonds is 2. The lowest BCUT2D eigenvalue weighted by molar-refractivity contribution is -0.129. The quantitative estimate of drug-likeness (QED) is 0.542. The largest absolute Gasteiger partial charge is 0.372 e. The van der Waals surface area contributed by atoms with Crippen LogP contribution in [0.25, 0.3) is 0 Å². The summed E-state index contributed by atoms with van der Waals surface area (Å²) in [5.74, 6) is -0.0903. The van der Waals surface area contributed by atoms with Crippen molar-refractivity contribution >= 4 is 5.91 Å². The van der Waals surface area contributed by atoms with E-state index < -0.39 is 0 Å². The third-order valence-corrected chi connectivity index (χ3v) is 0.969.